The van der Waals surface area contributed by atoms with E-state index in [-0.39, 0.29) is 12.5 Å². The van der Waals surface area contributed by atoms with Crippen molar-refractivity contribution in [2.45, 2.75) is 20.8 Å². The fourth-order valence-corrected chi connectivity index (χ4v) is 1.31. The van der Waals surface area contributed by atoms with Gasteiger partial charge in [-0.05, 0) is 13.0 Å². The van der Waals surface area contributed by atoms with Crippen LogP contribution in [-0.4, -0.2) is 48.2 Å². The number of hydrogen-bond donors (Lipinski definition) is 1. The largest absolute Gasteiger partial charge is 0.495 e. The van der Waals surface area contributed by atoms with Gasteiger partial charge in [0, 0.05) is 19.8 Å². The number of pyridine rings is 1. The molecule has 0 bridgehead atoms. The molecule has 1 N–H and O–H groups in total. The lowest BCUT2D eigenvalue weighted by molar-refractivity contribution is 0.0766. The van der Waals surface area contributed by atoms with E-state index in [4.69, 9.17) is 9.84 Å². The van der Waals surface area contributed by atoms with Crippen molar-refractivity contribution >= 4 is 5.91 Å². The van der Waals surface area contributed by atoms with Gasteiger partial charge in [-0.1, -0.05) is 13.8 Å². The molecule has 1 rings (SSSR count). The van der Waals surface area contributed by atoms with Crippen molar-refractivity contribution in [3.8, 4) is 5.75 Å². The summed E-state index contributed by atoms with van der Waals surface area (Å²) in [4.78, 5) is 17.3. The molecular weight excluding hydrogens is 232 g/mol. The molecular formula is C13H22N2O3. The maximum Gasteiger partial charge on any atom is 0.255 e. The SMILES string of the molecule is CC.COc1cc(C(=O)N(C)CCO)cnc1C. The smallest absolute Gasteiger partial charge is 0.255 e. The van der Waals surface area contributed by atoms with Gasteiger partial charge in [0.15, 0.2) is 0 Å². The molecule has 0 radical (unpaired) electrons. The highest BCUT2D eigenvalue weighted by Crippen LogP contribution is 2.17. The molecule has 18 heavy (non-hydrogen) atoms. The quantitative estimate of drug-likeness (QED) is 0.884. The Bertz CT molecular complexity index is 380. The van der Waals surface area contributed by atoms with Crippen molar-refractivity contribution in [1.29, 1.82) is 0 Å². The second-order valence-corrected chi connectivity index (χ2v) is 3.46. The van der Waals surface area contributed by atoms with Gasteiger partial charge < -0.3 is 14.7 Å². The number of rotatable bonds is 4. The van der Waals surface area contributed by atoms with Crippen molar-refractivity contribution in [1.82, 2.24) is 9.88 Å². The molecule has 1 heterocycles. The van der Waals surface area contributed by atoms with Gasteiger partial charge in [0.1, 0.15) is 5.75 Å². The molecule has 0 spiro atoms. The minimum absolute atomic E-state index is 0.0569. The van der Waals surface area contributed by atoms with Crippen LogP contribution in [0, 0.1) is 6.92 Å². The highest BCUT2D eigenvalue weighted by molar-refractivity contribution is 5.94. The summed E-state index contributed by atoms with van der Waals surface area (Å²) in [5.41, 5.74) is 1.20. The number of aliphatic hydroxyl groups excluding tert-OH is 1. The summed E-state index contributed by atoms with van der Waals surface area (Å²) >= 11 is 0. The van der Waals surface area contributed by atoms with Gasteiger partial charge in [-0.3, -0.25) is 9.78 Å². The molecule has 0 saturated heterocycles. The molecule has 0 aliphatic rings. The van der Waals surface area contributed by atoms with Gasteiger partial charge in [-0.15, -0.1) is 0 Å². The fraction of sp³-hybridized carbons (Fsp3) is 0.538. The average molecular weight is 254 g/mol. The van der Waals surface area contributed by atoms with E-state index >= 15 is 0 Å². The number of amides is 1. The molecule has 0 aromatic carbocycles. The first-order chi connectivity index (χ1) is 8.60. The zero-order chi connectivity index (χ0) is 14.1. The Morgan fingerprint density at radius 3 is 2.61 bits per heavy atom. The predicted octanol–water partition coefficient (Wildman–Crippen LogP) is 1.49. The van der Waals surface area contributed by atoms with Gasteiger partial charge in [0.2, 0.25) is 0 Å². The maximum absolute atomic E-state index is 11.8. The molecule has 5 heteroatoms. The van der Waals surface area contributed by atoms with E-state index in [2.05, 4.69) is 4.98 Å². The van der Waals surface area contributed by atoms with Gasteiger partial charge in [0.25, 0.3) is 5.91 Å². The average Bonchev–Trinajstić information content (AvgIpc) is 2.41. The van der Waals surface area contributed by atoms with Gasteiger partial charge in [0.05, 0.1) is 25.0 Å². The van der Waals surface area contributed by atoms with E-state index in [1.807, 2.05) is 20.8 Å². The van der Waals surface area contributed by atoms with E-state index < -0.39 is 0 Å². The zero-order valence-corrected chi connectivity index (χ0v) is 11.7. The van der Waals surface area contributed by atoms with Crippen LogP contribution in [0.25, 0.3) is 0 Å². The van der Waals surface area contributed by atoms with Crippen LogP contribution in [0.1, 0.15) is 29.9 Å². The van der Waals surface area contributed by atoms with E-state index in [1.165, 1.54) is 18.2 Å². The Morgan fingerprint density at radius 2 is 2.11 bits per heavy atom. The summed E-state index contributed by atoms with van der Waals surface area (Å²) in [5.74, 6) is 0.406. The summed E-state index contributed by atoms with van der Waals surface area (Å²) in [6, 6.07) is 1.65. The number of aliphatic hydroxyl groups is 1. The molecule has 0 aliphatic carbocycles. The van der Waals surface area contributed by atoms with Crippen LogP contribution in [-0.2, 0) is 0 Å². The lowest BCUT2D eigenvalue weighted by atomic mass is 10.2. The Kier molecular flexibility index (Phi) is 7.71. The van der Waals surface area contributed by atoms with Crippen LogP contribution < -0.4 is 4.74 Å². The van der Waals surface area contributed by atoms with E-state index in [0.29, 0.717) is 17.9 Å². The summed E-state index contributed by atoms with van der Waals surface area (Å²) < 4.78 is 5.09. The van der Waals surface area contributed by atoms with Gasteiger partial charge in [-0.2, -0.15) is 0 Å². The van der Waals surface area contributed by atoms with Crippen LogP contribution in [0.5, 0.6) is 5.75 Å². The van der Waals surface area contributed by atoms with E-state index in [1.54, 1.807) is 13.1 Å². The first kappa shape index (κ1) is 16.4. The predicted molar refractivity (Wildman–Crippen MR) is 70.9 cm³/mol. The van der Waals surface area contributed by atoms with Crippen molar-refractivity contribution in [2.75, 3.05) is 27.3 Å². The fourth-order valence-electron chi connectivity index (χ4n) is 1.31. The van der Waals surface area contributed by atoms with Crippen molar-refractivity contribution in [3.63, 3.8) is 0 Å². The monoisotopic (exact) mass is 254 g/mol. The molecule has 0 saturated carbocycles. The number of aryl methyl sites for hydroxylation is 1. The third-order valence-corrected chi connectivity index (χ3v) is 2.29. The van der Waals surface area contributed by atoms with Crippen LogP contribution in [0.2, 0.25) is 0 Å². The summed E-state index contributed by atoms with van der Waals surface area (Å²) in [6.45, 7) is 6.05. The highest BCUT2D eigenvalue weighted by Gasteiger charge is 2.13. The minimum atomic E-state index is -0.181. The second kappa shape index (κ2) is 8.47. The lowest BCUT2D eigenvalue weighted by Crippen LogP contribution is -2.29. The molecule has 1 aromatic heterocycles. The summed E-state index contributed by atoms with van der Waals surface area (Å²) in [7, 11) is 3.17. The molecule has 0 fully saturated rings. The van der Waals surface area contributed by atoms with Crippen molar-refractivity contribution in [2.24, 2.45) is 0 Å². The van der Waals surface area contributed by atoms with Gasteiger partial charge >= 0.3 is 0 Å². The Labute approximate surface area is 108 Å². The number of nitrogens with zero attached hydrogens (tertiary/aromatic N) is 2. The molecule has 0 aliphatic heterocycles. The highest BCUT2D eigenvalue weighted by atomic mass is 16.5. The summed E-state index contributed by atoms with van der Waals surface area (Å²) in [6.07, 6.45) is 1.51. The number of methoxy groups -OCH3 is 1. The van der Waals surface area contributed by atoms with Crippen LogP contribution >= 0.6 is 0 Å². The Balaban J connectivity index is 0.00000137. The number of likely N-dealkylation sites (N-methyl/N-ethyl adjacent to an activating group) is 1. The molecule has 5 nitrogen and oxygen atoms in total. The number of hydrogen-bond acceptors (Lipinski definition) is 4. The second-order valence-electron chi connectivity index (χ2n) is 3.46. The van der Waals surface area contributed by atoms with Crippen molar-refractivity contribution < 1.29 is 14.6 Å². The number of ether oxygens (including phenoxy) is 1. The maximum atomic E-state index is 11.8. The Hall–Kier alpha value is -1.62. The number of aromatic nitrogens is 1. The third-order valence-electron chi connectivity index (χ3n) is 2.29. The van der Waals surface area contributed by atoms with Crippen molar-refractivity contribution in [3.05, 3.63) is 23.5 Å². The minimum Gasteiger partial charge on any atom is -0.495 e. The molecule has 1 aromatic rings. The Morgan fingerprint density at radius 1 is 1.50 bits per heavy atom. The van der Waals surface area contributed by atoms with Crippen LogP contribution in [0.15, 0.2) is 12.3 Å². The molecule has 0 atom stereocenters. The topological polar surface area (TPSA) is 62.7 Å². The zero-order valence-electron chi connectivity index (χ0n) is 11.7. The standard InChI is InChI=1S/C11H16N2O3.C2H6/c1-8-10(16-3)6-9(7-12-8)11(15)13(2)4-5-14;1-2/h6-7,14H,4-5H2,1-3H3;1-2H3. The molecule has 1 amide bonds. The first-order valence-electron chi connectivity index (χ1n) is 5.97. The van der Waals surface area contributed by atoms with Gasteiger partial charge in [-0.25, -0.2) is 0 Å². The molecule has 0 unspecified atom stereocenters. The number of carbonyl (C=O) groups is 1. The molecule has 102 valence electrons. The third kappa shape index (κ3) is 4.33. The normalized spacial score (nSPS) is 9.22. The summed E-state index contributed by atoms with van der Waals surface area (Å²) in [5, 5.41) is 8.74. The van der Waals surface area contributed by atoms with E-state index in [9.17, 15) is 4.79 Å². The lowest BCUT2D eigenvalue weighted by Gasteiger charge is -2.16. The van der Waals surface area contributed by atoms with E-state index in [0.717, 1.165) is 5.69 Å². The van der Waals surface area contributed by atoms with Crippen LogP contribution in [0.4, 0.5) is 0 Å². The number of carbonyl (C=O) groups excluding carboxylic acids is 1. The van der Waals surface area contributed by atoms with Crippen LogP contribution in [0.3, 0.4) is 0 Å². The first-order valence-corrected chi connectivity index (χ1v) is 5.97.